The molecule has 0 aliphatic heterocycles. The lowest BCUT2D eigenvalue weighted by atomic mass is 10.3. The Morgan fingerprint density at radius 2 is 2.36 bits per heavy atom. The van der Waals surface area contributed by atoms with Crippen LogP contribution in [0.3, 0.4) is 0 Å². The van der Waals surface area contributed by atoms with Crippen molar-refractivity contribution in [2.24, 2.45) is 0 Å². The number of aromatic nitrogens is 1. The molecule has 0 saturated carbocycles. The number of methoxy groups -OCH3 is 1. The van der Waals surface area contributed by atoms with Gasteiger partial charge in [0.25, 0.3) is 0 Å². The van der Waals surface area contributed by atoms with Crippen molar-refractivity contribution >= 4 is 15.9 Å². The summed E-state index contributed by atoms with van der Waals surface area (Å²) < 4.78 is 5.42. The van der Waals surface area contributed by atoms with Crippen LogP contribution in [-0.2, 0) is 4.74 Å². The molecule has 0 spiro atoms. The summed E-state index contributed by atoms with van der Waals surface area (Å²) in [6, 6.07) is 3.49. The van der Waals surface area contributed by atoms with Crippen molar-refractivity contribution in [2.45, 2.75) is 6.29 Å². The van der Waals surface area contributed by atoms with Crippen molar-refractivity contribution in [2.75, 3.05) is 7.11 Å². The Morgan fingerprint density at radius 1 is 1.64 bits per heavy atom. The highest BCUT2D eigenvalue weighted by Crippen LogP contribution is 2.13. The monoisotopic (exact) mass is 217 g/mol. The van der Waals surface area contributed by atoms with Crippen molar-refractivity contribution in [3.63, 3.8) is 0 Å². The summed E-state index contributed by atoms with van der Waals surface area (Å²) in [5, 5.41) is 9.14. The van der Waals surface area contributed by atoms with Gasteiger partial charge in [-0.2, -0.15) is 0 Å². The lowest BCUT2D eigenvalue weighted by molar-refractivity contribution is -0.0771. The van der Waals surface area contributed by atoms with Gasteiger partial charge in [0.1, 0.15) is 4.60 Å². The summed E-state index contributed by atoms with van der Waals surface area (Å²) in [5.41, 5.74) is 0.649. The van der Waals surface area contributed by atoms with Crippen LogP contribution in [0, 0.1) is 0 Å². The van der Waals surface area contributed by atoms with Gasteiger partial charge in [0, 0.05) is 18.9 Å². The molecule has 1 aromatic rings. The fourth-order valence-corrected chi connectivity index (χ4v) is 0.904. The molecule has 1 heterocycles. The second-order valence-electron chi connectivity index (χ2n) is 2.00. The highest BCUT2D eigenvalue weighted by molar-refractivity contribution is 9.10. The molecule has 60 valence electrons. The quantitative estimate of drug-likeness (QED) is 0.603. The van der Waals surface area contributed by atoms with E-state index in [1.54, 1.807) is 18.3 Å². The number of pyridine rings is 1. The zero-order valence-electron chi connectivity index (χ0n) is 5.99. The first-order chi connectivity index (χ1) is 5.24. The minimum Gasteiger partial charge on any atom is -0.364 e. The number of nitrogens with zero attached hydrogens (tertiary/aromatic N) is 1. The Hall–Kier alpha value is -0.450. The van der Waals surface area contributed by atoms with E-state index in [0.717, 1.165) is 4.60 Å². The normalized spacial score (nSPS) is 13.0. The number of hydrogen-bond donors (Lipinski definition) is 1. The largest absolute Gasteiger partial charge is 0.364 e. The van der Waals surface area contributed by atoms with Crippen molar-refractivity contribution in [3.8, 4) is 0 Å². The highest BCUT2D eigenvalue weighted by atomic mass is 79.9. The molecule has 1 aromatic heterocycles. The first-order valence-electron chi connectivity index (χ1n) is 3.06. The zero-order valence-corrected chi connectivity index (χ0v) is 7.58. The fourth-order valence-electron chi connectivity index (χ4n) is 0.669. The molecule has 0 saturated heterocycles. The van der Waals surface area contributed by atoms with Gasteiger partial charge in [-0.25, -0.2) is 4.98 Å². The predicted molar refractivity (Wildman–Crippen MR) is 43.9 cm³/mol. The maximum atomic E-state index is 9.14. The molecule has 0 bridgehead atoms. The van der Waals surface area contributed by atoms with E-state index in [-0.39, 0.29) is 0 Å². The number of rotatable bonds is 2. The first kappa shape index (κ1) is 8.64. The van der Waals surface area contributed by atoms with Crippen LogP contribution in [0.2, 0.25) is 0 Å². The Labute approximate surface area is 73.2 Å². The molecule has 0 fully saturated rings. The third-order valence-electron chi connectivity index (χ3n) is 1.26. The van der Waals surface area contributed by atoms with E-state index < -0.39 is 6.29 Å². The number of halogens is 1. The van der Waals surface area contributed by atoms with E-state index in [4.69, 9.17) is 5.11 Å². The van der Waals surface area contributed by atoms with E-state index in [0.29, 0.717) is 5.56 Å². The second kappa shape index (κ2) is 3.80. The summed E-state index contributed by atoms with van der Waals surface area (Å²) in [6.07, 6.45) is 0.675. The average Bonchev–Trinajstić information content (AvgIpc) is 2.05. The van der Waals surface area contributed by atoms with Gasteiger partial charge in [0.15, 0.2) is 6.29 Å². The minimum atomic E-state index is -0.879. The molecule has 0 aliphatic rings. The summed E-state index contributed by atoms with van der Waals surface area (Å²) in [4.78, 5) is 3.92. The van der Waals surface area contributed by atoms with Crippen LogP contribution in [0.4, 0.5) is 0 Å². The van der Waals surface area contributed by atoms with Gasteiger partial charge >= 0.3 is 0 Å². The van der Waals surface area contributed by atoms with Gasteiger partial charge in [-0.1, -0.05) is 0 Å². The lowest BCUT2D eigenvalue weighted by Gasteiger charge is -2.06. The third-order valence-corrected chi connectivity index (χ3v) is 1.73. The van der Waals surface area contributed by atoms with Gasteiger partial charge in [-0.05, 0) is 28.1 Å². The van der Waals surface area contributed by atoms with E-state index in [1.165, 1.54) is 7.11 Å². The van der Waals surface area contributed by atoms with E-state index in [1.807, 2.05) is 0 Å². The molecular formula is C7H8BrNO2. The van der Waals surface area contributed by atoms with E-state index >= 15 is 0 Å². The Balaban J connectivity index is 2.81. The smallest absolute Gasteiger partial charge is 0.182 e. The molecule has 0 amide bonds. The van der Waals surface area contributed by atoms with Crippen LogP contribution in [0.1, 0.15) is 11.9 Å². The zero-order chi connectivity index (χ0) is 8.27. The summed E-state index contributed by atoms with van der Waals surface area (Å²) >= 11 is 3.18. The molecule has 0 aliphatic carbocycles. The van der Waals surface area contributed by atoms with Gasteiger partial charge in [-0.15, -0.1) is 0 Å². The molecule has 4 heteroatoms. The predicted octanol–water partition coefficient (Wildman–Crippen LogP) is 1.48. The van der Waals surface area contributed by atoms with Crippen LogP contribution >= 0.6 is 15.9 Å². The van der Waals surface area contributed by atoms with Crippen molar-refractivity contribution in [3.05, 3.63) is 28.5 Å². The Kier molecular flexibility index (Phi) is 2.99. The first-order valence-corrected chi connectivity index (χ1v) is 3.85. The van der Waals surface area contributed by atoms with Crippen LogP contribution in [-0.4, -0.2) is 17.2 Å². The van der Waals surface area contributed by atoms with E-state index in [2.05, 4.69) is 25.7 Å². The van der Waals surface area contributed by atoms with Crippen molar-refractivity contribution in [1.29, 1.82) is 0 Å². The van der Waals surface area contributed by atoms with Crippen molar-refractivity contribution in [1.82, 2.24) is 4.98 Å². The fraction of sp³-hybridized carbons (Fsp3) is 0.286. The molecule has 1 unspecified atom stereocenters. The Morgan fingerprint density at radius 3 is 2.82 bits per heavy atom. The lowest BCUT2D eigenvalue weighted by Crippen LogP contribution is -1.99. The van der Waals surface area contributed by atoms with E-state index in [9.17, 15) is 0 Å². The van der Waals surface area contributed by atoms with Gasteiger partial charge in [0.2, 0.25) is 0 Å². The molecule has 1 atom stereocenters. The maximum Gasteiger partial charge on any atom is 0.182 e. The molecule has 1 rings (SSSR count). The van der Waals surface area contributed by atoms with Crippen LogP contribution in [0.5, 0.6) is 0 Å². The average molecular weight is 218 g/mol. The molecular weight excluding hydrogens is 210 g/mol. The van der Waals surface area contributed by atoms with Crippen LogP contribution in [0.15, 0.2) is 22.9 Å². The summed E-state index contributed by atoms with van der Waals surface area (Å²) in [6.45, 7) is 0. The Bertz CT molecular complexity index is 224. The molecule has 0 aromatic carbocycles. The number of ether oxygens (including phenoxy) is 1. The summed E-state index contributed by atoms with van der Waals surface area (Å²) in [7, 11) is 1.44. The molecule has 11 heavy (non-hydrogen) atoms. The van der Waals surface area contributed by atoms with Crippen LogP contribution < -0.4 is 0 Å². The van der Waals surface area contributed by atoms with Crippen molar-refractivity contribution < 1.29 is 9.84 Å². The topological polar surface area (TPSA) is 42.4 Å². The SMILES string of the molecule is COC(O)c1ccc(Br)nc1. The van der Waals surface area contributed by atoms with Crippen LogP contribution in [0.25, 0.3) is 0 Å². The highest BCUT2D eigenvalue weighted by Gasteiger charge is 2.04. The minimum absolute atomic E-state index is 0.649. The molecule has 3 nitrogen and oxygen atoms in total. The molecule has 0 radical (unpaired) electrons. The standard InChI is InChI=1S/C7H8BrNO2/c1-11-7(10)5-2-3-6(8)9-4-5/h2-4,7,10H,1H3. The van der Waals surface area contributed by atoms with Gasteiger partial charge in [0.05, 0.1) is 0 Å². The second-order valence-corrected chi connectivity index (χ2v) is 2.81. The summed E-state index contributed by atoms with van der Waals surface area (Å²) in [5.74, 6) is 0. The number of aliphatic hydroxyl groups excluding tert-OH is 1. The number of hydrogen-bond acceptors (Lipinski definition) is 3. The van der Waals surface area contributed by atoms with Gasteiger partial charge in [-0.3, -0.25) is 0 Å². The third kappa shape index (κ3) is 2.25. The number of aliphatic hydroxyl groups is 1. The maximum absolute atomic E-state index is 9.14. The van der Waals surface area contributed by atoms with Gasteiger partial charge < -0.3 is 9.84 Å². The molecule has 1 N–H and O–H groups in total.